The number of fused-ring (bicyclic) bond motifs is 2. The lowest BCUT2D eigenvalue weighted by Gasteiger charge is -2.20. The molecular formula is C21H19FN2O. The lowest BCUT2D eigenvalue weighted by atomic mass is 9.95. The van der Waals surface area contributed by atoms with Gasteiger partial charge in [0.05, 0.1) is 0 Å². The van der Waals surface area contributed by atoms with Gasteiger partial charge in [-0.05, 0) is 52.6 Å². The van der Waals surface area contributed by atoms with E-state index in [0.29, 0.717) is 18.7 Å². The Balaban J connectivity index is 1.60. The van der Waals surface area contributed by atoms with E-state index in [9.17, 15) is 9.18 Å². The SMILES string of the molecule is O=C(NCc1cccc2ccccc12)c1cc(F)cc2c1CNCC2. The normalized spacial score (nSPS) is 13.5. The topological polar surface area (TPSA) is 41.1 Å². The van der Waals surface area contributed by atoms with E-state index in [2.05, 4.69) is 22.8 Å². The first-order valence-electron chi connectivity index (χ1n) is 8.49. The van der Waals surface area contributed by atoms with E-state index in [1.54, 1.807) is 0 Å². The van der Waals surface area contributed by atoms with E-state index in [4.69, 9.17) is 0 Å². The van der Waals surface area contributed by atoms with Crippen molar-refractivity contribution >= 4 is 16.7 Å². The van der Waals surface area contributed by atoms with Crippen molar-refractivity contribution in [3.8, 4) is 0 Å². The fraction of sp³-hybridized carbons (Fsp3) is 0.190. The largest absolute Gasteiger partial charge is 0.348 e. The molecule has 4 rings (SSSR count). The molecule has 126 valence electrons. The molecule has 3 aromatic carbocycles. The molecule has 1 amide bonds. The van der Waals surface area contributed by atoms with Gasteiger partial charge in [0.15, 0.2) is 0 Å². The average molecular weight is 334 g/mol. The van der Waals surface area contributed by atoms with Crippen LogP contribution in [0.3, 0.4) is 0 Å². The van der Waals surface area contributed by atoms with Gasteiger partial charge in [-0.25, -0.2) is 4.39 Å². The highest BCUT2D eigenvalue weighted by Crippen LogP contribution is 2.22. The number of carbonyl (C=O) groups excluding carboxylic acids is 1. The van der Waals surface area contributed by atoms with Gasteiger partial charge in [0.1, 0.15) is 5.82 Å². The second kappa shape index (κ2) is 6.65. The van der Waals surface area contributed by atoms with Crippen LogP contribution in [-0.2, 0) is 19.5 Å². The van der Waals surface area contributed by atoms with Gasteiger partial charge >= 0.3 is 0 Å². The molecule has 0 saturated carbocycles. The lowest BCUT2D eigenvalue weighted by molar-refractivity contribution is 0.0949. The van der Waals surface area contributed by atoms with Gasteiger partial charge < -0.3 is 10.6 Å². The predicted molar refractivity (Wildman–Crippen MR) is 96.9 cm³/mol. The minimum atomic E-state index is -0.351. The number of rotatable bonds is 3. The van der Waals surface area contributed by atoms with E-state index in [-0.39, 0.29) is 11.7 Å². The summed E-state index contributed by atoms with van der Waals surface area (Å²) in [6, 6.07) is 17.0. The molecule has 0 fully saturated rings. The van der Waals surface area contributed by atoms with E-state index in [1.807, 2.05) is 30.3 Å². The maximum absolute atomic E-state index is 13.9. The van der Waals surface area contributed by atoms with Crippen LogP contribution < -0.4 is 10.6 Å². The van der Waals surface area contributed by atoms with Crippen LogP contribution in [0.25, 0.3) is 10.8 Å². The van der Waals surface area contributed by atoms with Crippen LogP contribution >= 0.6 is 0 Å². The molecule has 0 spiro atoms. The predicted octanol–water partition coefficient (Wildman–Crippen LogP) is 3.55. The summed E-state index contributed by atoms with van der Waals surface area (Å²) in [5.74, 6) is -0.580. The maximum atomic E-state index is 13.9. The molecular weight excluding hydrogens is 315 g/mol. The van der Waals surface area contributed by atoms with Gasteiger partial charge in [-0.1, -0.05) is 42.5 Å². The Morgan fingerprint density at radius 2 is 1.96 bits per heavy atom. The molecule has 0 unspecified atom stereocenters. The summed E-state index contributed by atoms with van der Waals surface area (Å²) < 4.78 is 13.9. The molecule has 0 bridgehead atoms. The Kier molecular flexibility index (Phi) is 4.20. The summed E-state index contributed by atoms with van der Waals surface area (Å²) in [6.07, 6.45) is 0.747. The van der Waals surface area contributed by atoms with Crippen molar-refractivity contribution in [1.82, 2.24) is 10.6 Å². The van der Waals surface area contributed by atoms with Crippen molar-refractivity contribution in [2.45, 2.75) is 19.5 Å². The molecule has 0 saturated heterocycles. The zero-order valence-electron chi connectivity index (χ0n) is 13.8. The highest BCUT2D eigenvalue weighted by molar-refractivity contribution is 5.96. The van der Waals surface area contributed by atoms with Crippen LogP contribution in [0.15, 0.2) is 54.6 Å². The smallest absolute Gasteiger partial charge is 0.251 e. The molecule has 1 aliphatic rings. The third-order valence-corrected chi connectivity index (χ3v) is 4.74. The highest BCUT2D eigenvalue weighted by Gasteiger charge is 2.19. The quantitative estimate of drug-likeness (QED) is 0.769. The van der Waals surface area contributed by atoms with Crippen LogP contribution in [0.5, 0.6) is 0 Å². The molecule has 0 aromatic heterocycles. The highest BCUT2D eigenvalue weighted by atomic mass is 19.1. The van der Waals surface area contributed by atoms with Crippen molar-refractivity contribution in [1.29, 1.82) is 0 Å². The first-order valence-corrected chi connectivity index (χ1v) is 8.49. The Bertz CT molecular complexity index is 947. The number of hydrogen-bond acceptors (Lipinski definition) is 2. The van der Waals surface area contributed by atoms with E-state index >= 15 is 0 Å². The average Bonchev–Trinajstić information content (AvgIpc) is 2.65. The van der Waals surface area contributed by atoms with Crippen molar-refractivity contribution in [3.63, 3.8) is 0 Å². The molecule has 4 heteroatoms. The summed E-state index contributed by atoms with van der Waals surface area (Å²) in [5, 5.41) is 8.46. The third-order valence-electron chi connectivity index (χ3n) is 4.74. The number of nitrogens with one attached hydrogen (secondary N) is 2. The summed E-state index contributed by atoms with van der Waals surface area (Å²) in [4.78, 5) is 12.7. The van der Waals surface area contributed by atoms with E-state index < -0.39 is 0 Å². The van der Waals surface area contributed by atoms with Gasteiger partial charge in [0.2, 0.25) is 0 Å². The van der Waals surface area contributed by atoms with Gasteiger partial charge in [-0.15, -0.1) is 0 Å². The standard InChI is InChI=1S/C21H19FN2O/c22-17-10-15-8-9-23-13-20(15)19(11-17)21(25)24-12-16-6-3-5-14-4-1-2-7-18(14)16/h1-7,10-11,23H,8-9,12-13H2,(H,24,25). The molecule has 2 N–H and O–H groups in total. The number of benzene rings is 3. The van der Waals surface area contributed by atoms with Crippen molar-refractivity contribution in [2.75, 3.05) is 6.54 Å². The summed E-state index contributed by atoms with van der Waals surface area (Å²) in [6.45, 7) is 1.83. The van der Waals surface area contributed by atoms with Gasteiger partial charge in [-0.3, -0.25) is 4.79 Å². The second-order valence-electron chi connectivity index (χ2n) is 6.34. The van der Waals surface area contributed by atoms with Crippen molar-refractivity contribution in [2.24, 2.45) is 0 Å². The zero-order valence-corrected chi connectivity index (χ0v) is 13.8. The lowest BCUT2D eigenvalue weighted by Crippen LogP contribution is -2.30. The number of hydrogen-bond donors (Lipinski definition) is 2. The minimum absolute atomic E-state index is 0.229. The first-order chi connectivity index (χ1) is 12.2. The third kappa shape index (κ3) is 3.13. The molecule has 0 atom stereocenters. The van der Waals surface area contributed by atoms with Gasteiger partial charge in [-0.2, -0.15) is 0 Å². The maximum Gasteiger partial charge on any atom is 0.251 e. The summed E-state index contributed by atoms with van der Waals surface area (Å²) in [5.41, 5.74) is 3.31. The van der Waals surface area contributed by atoms with Crippen molar-refractivity contribution < 1.29 is 9.18 Å². The number of halogens is 1. The van der Waals surface area contributed by atoms with Crippen LogP contribution in [0.1, 0.15) is 27.0 Å². The Morgan fingerprint density at radius 1 is 1.12 bits per heavy atom. The minimum Gasteiger partial charge on any atom is -0.348 e. The van der Waals surface area contributed by atoms with E-state index in [1.165, 1.54) is 12.1 Å². The van der Waals surface area contributed by atoms with E-state index in [0.717, 1.165) is 40.4 Å². The van der Waals surface area contributed by atoms with Crippen LogP contribution in [0, 0.1) is 5.82 Å². The Morgan fingerprint density at radius 3 is 2.88 bits per heavy atom. The fourth-order valence-corrected chi connectivity index (χ4v) is 3.48. The van der Waals surface area contributed by atoms with Crippen LogP contribution in [0.2, 0.25) is 0 Å². The summed E-state index contributed by atoms with van der Waals surface area (Å²) in [7, 11) is 0. The van der Waals surface area contributed by atoms with Crippen LogP contribution in [-0.4, -0.2) is 12.5 Å². The molecule has 3 aromatic rings. The second-order valence-corrected chi connectivity index (χ2v) is 6.34. The molecule has 1 aliphatic heterocycles. The molecule has 0 radical (unpaired) electrons. The first kappa shape index (κ1) is 15.8. The number of carbonyl (C=O) groups is 1. The zero-order chi connectivity index (χ0) is 17.2. The van der Waals surface area contributed by atoms with Crippen LogP contribution in [0.4, 0.5) is 4.39 Å². The molecule has 25 heavy (non-hydrogen) atoms. The van der Waals surface area contributed by atoms with Crippen molar-refractivity contribution in [3.05, 3.63) is 82.7 Å². The molecule has 1 heterocycles. The van der Waals surface area contributed by atoms with Gasteiger partial charge in [0.25, 0.3) is 5.91 Å². The Hall–Kier alpha value is -2.72. The monoisotopic (exact) mass is 334 g/mol. The summed E-state index contributed by atoms with van der Waals surface area (Å²) >= 11 is 0. The van der Waals surface area contributed by atoms with Gasteiger partial charge in [0, 0.05) is 18.7 Å². The Labute approximate surface area is 145 Å². The number of amides is 1. The molecule has 0 aliphatic carbocycles. The fourth-order valence-electron chi connectivity index (χ4n) is 3.48. The molecule has 3 nitrogen and oxygen atoms in total.